The number of thiazole rings is 1. The van der Waals surface area contributed by atoms with Crippen molar-refractivity contribution < 1.29 is 0 Å². The highest BCUT2D eigenvalue weighted by atomic mass is 32.1. The van der Waals surface area contributed by atoms with Crippen molar-refractivity contribution in [3.8, 4) is 10.6 Å². The first-order chi connectivity index (χ1) is 13.3. The van der Waals surface area contributed by atoms with Gasteiger partial charge in [0.25, 0.3) is 0 Å². The van der Waals surface area contributed by atoms with E-state index in [1.54, 1.807) is 22.5 Å². The van der Waals surface area contributed by atoms with E-state index in [9.17, 15) is 0 Å². The molecule has 3 aromatic rings. The van der Waals surface area contributed by atoms with Gasteiger partial charge in [-0.1, -0.05) is 12.0 Å². The van der Waals surface area contributed by atoms with Crippen LogP contribution in [0.2, 0.25) is 0 Å². The minimum Gasteiger partial charge on any atom is -0.345 e. The monoisotopic (exact) mass is 376 g/mol. The topological polar surface area (TPSA) is 53.6 Å². The summed E-state index contributed by atoms with van der Waals surface area (Å²) in [7, 11) is 0. The number of hydrogen-bond acceptors (Lipinski definition) is 4. The molecule has 0 bridgehead atoms. The second kappa shape index (κ2) is 6.01. The molecule has 5 heteroatoms. The van der Waals surface area contributed by atoms with E-state index in [2.05, 4.69) is 32.5 Å². The zero-order chi connectivity index (χ0) is 17.8. The van der Waals surface area contributed by atoms with Gasteiger partial charge in [-0.2, -0.15) is 0 Å². The van der Waals surface area contributed by atoms with Crippen molar-refractivity contribution in [1.82, 2.24) is 20.3 Å². The van der Waals surface area contributed by atoms with Crippen molar-refractivity contribution in [3.63, 3.8) is 0 Å². The number of nitrogens with one attached hydrogen (secondary N) is 2. The highest BCUT2D eigenvalue weighted by Crippen LogP contribution is 2.58. The number of nitrogens with zero attached hydrogens (tertiary/aromatic N) is 2. The second-order valence-electron chi connectivity index (χ2n) is 8.34. The number of allylic oxidation sites excluding steroid dienone is 2. The molecule has 3 aliphatic rings. The zero-order valence-electron chi connectivity index (χ0n) is 15.4. The van der Waals surface area contributed by atoms with Crippen LogP contribution in [0, 0.1) is 5.92 Å². The average Bonchev–Trinajstić information content (AvgIpc) is 3.04. The third kappa shape index (κ3) is 2.52. The summed E-state index contributed by atoms with van der Waals surface area (Å²) in [5.41, 5.74) is 7.26. The van der Waals surface area contributed by atoms with Crippen molar-refractivity contribution in [2.75, 3.05) is 6.54 Å². The molecule has 0 radical (unpaired) electrons. The summed E-state index contributed by atoms with van der Waals surface area (Å²) < 4.78 is 0. The smallest absolute Gasteiger partial charge is 0.138 e. The first-order valence-corrected chi connectivity index (χ1v) is 11.1. The van der Waals surface area contributed by atoms with E-state index in [4.69, 9.17) is 0 Å². The Balaban J connectivity index is 1.42. The molecule has 1 unspecified atom stereocenters. The predicted molar refractivity (Wildman–Crippen MR) is 111 cm³/mol. The van der Waals surface area contributed by atoms with Crippen molar-refractivity contribution >= 4 is 27.9 Å². The maximum absolute atomic E-state index is 4.59. The summed E-state index contributed by atoms with van der Waals surface area (Å²) in [6.45, 7) is 1.20. The molecule has 27 heavy (non-hydrogen) atoms. The van der Waals surface area contributed by atoms with Gasteiger partial charge in [-0.25, -0.2) is 9.97 Å². The standard InChI is InChI=1S/C22H24N4S/c1-2-8-26-22(6-1)7-3-4-14-16(12-22)18(14)15-5-9-23-20-19(15)17(13-25-20)21-24-10-11-27-21/h5,9-11,13,16,26H,1-4,6-8,12H2,(H,23,25)/t16?,22-/m0/s1. The number of pyridine rings is 1. The number of fused-ring (bicyclic) bond motifs is 2. The van der Waals surface area contributed by atoms with Gasteiger partial charge in [0.2, 0.25) is 0 Å². The fourth-order valence-electron chi connectivity index (χ4n) is 5.55. The van der Waals surface area contributed by atoms with Gasteiger partial charge in [-0.3, -0.25) is 0 Å². The Morgan fingerprint density at radius 1 is 1.07 bits per heavy atom. The normalized spacial score (nSPS) is 27.8. The lowest BCUT2D eigenvalue weighted by Gasteiger charge is -2.38. The van der Waals surface area contributed by atoms with Gasteiger partial charge in [-0.15, -0.1) is 11.3 Å². The summed E-state index contributed by atoms with van der Waals surface area (Å²) in [4.78, 5) is 12.5. The minimum absolute atomic E-state index is 0.384. The van der Waals surface area contributed by atoms with Crippen LogP contribution in [0.1, 0.15) is 50.5 Å². The van der Waals surface area contributed by atoms with Gasteiger partial charge in [0, 0.05) is 46.4 Å². The van der Waals surface area contributed by atoms with Crippen LogP contribution in [-0.4, -0.2) is 27.0 Å². The molecule has 4 heterocycles. The van der Waals surface area contributed by atoms with Gasteiger partial charge >= 0.3 is 0 Å². The molecule has 6 rings (SSSR count). The van der Waals surface area contributed by atoms with Gasteiger partial charge in [-0.05, 0) is 62.3 Å². The van der Waals surface area contributed by atoms with Crippen molar-refractivity contribution in [2.45, 2.75) is 50.5 Å². The summed E-state index contributed by atoms with van der Waals surface area (Å²) in [5.74, 6) is 0.669. The second-order valence-corrected chi connectivity index (χ2v) is 9.23. The number of piperidine rings is 1. The van der Waals surface area contributed by atoms with Crippen LogP contribution in [0.4, 0.5) is 0 Å². The van der Waals surface area contributed by atoms with Crippen LogP contribution < -0.4 is 5.32 Å². The molecule has 2 fully saturated rings. The van der Waals surface area contributed by atoms with Crippen LogP contribution in [0.25, 0.3) is 27.2 Å². The molecular weight excluding hydrogens is 352 g/mol. The van der Waals surface area contributed by atoms with Crippen molar-refractivity contribution in [2.24, 2.45) is 5.92 Å². The van der Waals surface area contributed by atoms with E-state index in [1.807, 2.05) is 17.8 Å². The highest BCUT2D eigenvalue weighted by molar-refractivity contribution is 7.13. The van der Waals surface area contributed by atoms with E-state index in [1.165, 1.54) is 68.0 Å². The Kier molecular flexibility index (Phi) is 3.57. The average molecular weight is 377 g/mol. The molecule has 3 aromatic heterocycles. The highest BCUT2D eigenvalue weighted by Gasteiger charge is 2.46. The first kappa shape index (κ1) is 16.0. The van der Waals surface area contributed by atoms with Gasteiger partial charge in [0.15, 0.2) is 0 Å². The zero-order valence-corrected chi connectivity index (χ0v) is 16.2. The number of hydrogen-bond donors (Lipinski definition) is 2. The Hall–Kier alpha value is -1.98. The molecular formula is C22H24N4S. The number of aromatic amines is 1. The quantitative estimate of drug-likeness (QED) is 0.650. The summed E-state index contributed by atoms with van der Waals surface area (Å²) in [6.07, 6.45) is 15.2. The van der Waals surface area contributed by atoms with E-state index in [0.29, 0.717) is 11.5 Å². The van der Waals surface area contributed by atoms with Crippen LogP contribution >= 0.6 is 11.3 Å². The third-order valence-corrected chi connectivity index (χ3v) is 7.64. The van der Waals surface area contributed by atoms with E-state index in [-0.39, 0.29) is 0 Å². The molecule has 2 aliphatic carbocycles. The lowest BCUT2D eigenvalue weighted by atomic mass is 9.80. The Morgan fingerprint density at radius 3 is 2.89 bits per heavy atom. The Morgan fingerprint density at radius 2 is 2.04 bits per heavy atom. The molecule has 0 aromatic carbocycles. The molecule has 1 saturated carbocycles. The fraction of sp³-hybridized carbons (Fsp3) is 0.455. The van der Waals surface area contributed by atoms with Gasteiger partial charge < -0.3 is 10.3 Å². The molecule has 1 saturated heterocycles. The Labute approximate surface area is 163 Å². The van der Waals surface area contributed by atoms with Crippen LogP contribution in [-0.2, 0) is 0 Å². The van der Waals surface area contributed by atoms with Gasteiger partial charge in [0.05, 0.1) is 0 Å². The number of aromatic nitrogens is 3. The van der Waals surface area contributed by atoms with E-state index in [0.717, 1.165) is 10.7 Å². The Bertz CT molecular complexity index is 1020. The maximum atomic E-state index is 4.59. The SMILES string of the molecule is c1csc(-c2c[nH]c3nccc(C4=C5CCC[C@@]6(CCCCN6)CC54)c23)n1. The van der Waals surface area contributed by atoms with Crippen molar-refractivity contribution in [3.05, 3.63) is 41.2 Å². The molecule has 2 atom stereocenters. The minimum atomic E-state index is 0.384. The van der Waals surface area contributed by atoms with Crippen LogP contribution in [0.3, 0.4) is 0 Å². The van der Waals surface area contributed by atoms with E-state index < -0.39 is 0 Å². The summed E-state index contributed by atoms with van der Waals surface area (Å²) in [5, 5.41) is 8.30. The lowest BCUT2D eigenvalue weighted by Crippen LogP contribution is -2.48. The molecule has 2 N–H and O–H groups in total. The van der Waals surface area contributed by atoms with E-state index >= 15 is 0 Å². The molecule has 0 amide bonds. The largest absolute Gasteiger partial charge is 0.345 e. The van der Waals surface area contributed by atoms with Crippen LogP contribution in [0.5, 0.6) is 0 Å². The summed E-state index contributed by atoms with van der Waals surface area (Å²) >= 11 is 1.70. The molecule has 1 aliphatic heterocycles. The summed E-state index contributed by atoms with van der Waals surface area (Å²) in [6, 6.07) is 2.23. The first-order valence-electron chi connectivity index (χ1n) is 10.2. The van der Waals surface area contributed by atoms with Crippen molar-refractivity contribution in [1.29, 1.82) is 0 Å². The molecule has 4 nitrogen and oxygen atoms in total. The number of rotatable bonds is 2. The van der Waals surface area contributed by atoms with Crippen LogP contribution in [0.15, 0.2) is 35.6 Å². The van der Waals surface area contributed by atoms with Gasteiger partial charge in [0.1, 0.15) is 10.7 Å². The molecule has 1 spiro atoms. The third-order valence-electron chi connectivity index (χ3n) is 6.84. The lowest BCUT2D eigenvalue weighted by molar-refractivity contribution is 0.218. The predicted octanol–water partition coefficient (Wildman–Crippen LogP) is 5.16. The molecule has 138 valence electrons. The number of H-pyrrole nitrogens is 1. The maximum Gasteiger partial charge on any atom is 0.138 e. The fourth-order valence-corrected chi connectivity index (χ4v) is 6.21.